The second kappa shape index (κ2) is 5.35. The van der Waals surface area contributed by atoms with Crippen molar-refractivity contribution in [2.45, 2.75) is 4.90 Å². The van der Waals surface area contributed by atoms with Gasteiger partial charge in [-0.1, -0.05) is 18.2 Å². The Morgan fingerprint density at radius 1 is 1.05 bits per heavy atom. The van der Waals surface area contributed by atoms with E-state index in [1.54, 1.807) is 25.3 Å². The summed E-state index contributed by atoms with van der Waals surface area (Å²) in [5.74, 6) is 0.710. The highest BCUT2D eigenvalue weighted by Gasteiger charge is 2.09. The molecule has 0 radical (unpaired) electrons. The Balaban J connectivity index is 2.54. The Labute approximate surface area is 121 Å². The number of benzene rings is 2. The first-order chi connectivity index (χ1) is 8.91. The van der Waals surface area contributed by atoms with Crippen LogP contribution in [0.4, 0.5) is 0 Å². The van der Waals surface area contributed by atoms with Crippen molar-refractivity contribution in [3.05, 3.63) is 46.9 Å². The number of hydrogen-bond donors (Lipinski definition) is 0. The van der Waals surface area contributed by atoms with Gasteiger partial charge in [0.1, 0.15) is 5.75 Å². The van der Waals surface area contributed by atoms with Crippen LogP contribution in [0.5, 0.6) is 5.75 Å². The molecule has 0 fully saturated rings. The summed E-state index contributed by atoms with van der Waals surface area (Å²) in [5, 5.41) is 0. The quantitative estimate of drug-likeness (QED) is 0.858. The molecule has 0 aliphatic rings. The number of rotatable bonds is 3. The number of ether oxygens (including phenoxy) is 1. The Hall–Kier alpha value is -1.33. The van der Waals surface area contributed by atoms with Crippen LogP contribution in [0.1, 0.15) is 0 Å². The first-order valence-corrected chi connectivity index (χ1v) is 8.24. The Kier molecular flexibility index (Phi) is 3.96. The van der Waals surface area contributed by atoms with E-state index < -0.39 is 9.84 Å². The van der Waals surface area contributed by atoms with E-state index in [0.29, 0.717) is 10.6 Å². The SMILES string of the molecule is COc1cc(-c2cccc(S(C)(=O)=O)c2)ccc1Br. The topological polar surface area (TPSA) is 43.4 Å². The van der Waals surface area contributed by atoms with Gasteiger partial charge < -0.3 is 4.74 Å². The molecule has 0 unspecified atom stereocenters. The summed E-state index contributed by atoms with van der Waals surface area (Å²) in [7, 11) is -1.60. The van der Waals surface area contributed by atoms with Crippen molar-refractivity contribution in [3.8, 4) is 16.9 Å². The number of halogens is 1. The molecule has 0 atom stereocenters. The molecule has 0 heterocycles. The molecule has 19 heavy (non-hydrogen) atoms. The number of hydrogen-bond acceptors (Lipinski definition) is 3. The van der Waals surface area contributed by atoms with E-state index in [-0.39, 0.29) is 0 Å². The first-order valence-electron chi connectivity index (χ1n) is 5.56. The lowest BCUT2D eigenvalue weighted by Gasteiger charge is -2.08. The van der Waals surface area contributed by atoms with Crippen LogP contribution in [-0.4, -0.2) is 21.8 Å². The van der Waals surface area contributed by atoms with Crippen molar-refractivity contribution < 1.29 is 13.2 Å². The van der Waals surface area contributed by atoms with E-state index >= 15 is 0 Å². The van der Waals surface area contributed by atoms with Crippen LogP contribution in [0, 0.1) is 0 Å². The van der Waals surface area contributed by atoms with Crippen LogP contribution in [0.25, 0.3) is 11.1 Å². The largest absolute Gasteiger partial charge is 0.496 e. The summed E-state index contributed by atoms with van der Waals surface area (Å²) in [5.41, 5.74) is 1.75. The molecule has 0 aliphatic carbocycles. The summed E-state index contributed by atoms with van der Waals surface area (Å²) in [4.78, 5) is 0.312. The van der Waals surface area contributed by atoms with Crippen molar-refractivity contribution in [2.75, 3.05) is 13.4 Å². The molecule has 5 heteroatoms. The molecule has 0 aliphatic heterocycles. The van der Waals surface area contributed by atoms with E-state index in [4.69, 9.17) is 4.74 Å². The Morgan fingerprint density at radius 2 is 1.74 bits per heavy atom. The van der Waals surface area contributed by atoms with Crippen LogP contribution in [0.3, 0.4) is 0 Å². The van der Waals surface area contributed by atoms with E-state index in [2.05, 4.69) is 15.9 Å². The van der Waals surface area contributed by atoms with Crippen molar-refractivity contribution in [1.29, 1.82) is 0 Å². The standard InChI is InChI=1S/C14H13BrO3S/c1-18-14-9-11(6-7-13(14)15)10-4-3-5-12(8-10)19(2,16)17/h3-9H,1-2H3. The number of methoxy groups -OCH3 is 1. The molecule has 0 amide bonds. The van der Waals surface area contributed by atoms with Gasteiger partial charge in [0.05, 0.1) is 16.5 Å². The van der Waals surface area contributed by atoms with E-state index in [1.165, 1.54) is 6.26 Å². The molecule has 0 aromatic heterocycles. The van der Waals surface area contributed by atoms with Gasteiger partial charge in [-0.25, -0.2) is 8.42 Å². The fraction of sp³-hybridized carbons (Fsp3) is 0.143. The first kappa shape index (κ1) is 14.1. The van der Waals surface area contributed by atoms with E-state index in [0.717, 1.165) is 15.6 Å². The van der Waals surface area contributed by atoms with Crippen molar-refractivity contribution in [3.63, 3.8) is 0 Å². The third-order valence-electron chi connectivity index (χ3n) is 2.75. The van der Waals surface area contributed by atoms with Crippen molar-refractivity contribution in [2.24, 2.45) is 0 Å². The molecular weight excluding hydrogens is 328 g/mol. The zero-order valence-corrected chi connectivity index (χ0v) is 13.0. The summed E-state index contributed by atoms with van der Waals surface area (Å²) in [6.45, 7) is 0. The van der Waals surface area contributed by atoms with Crippen molar-refractivity contribution in [1.82, 2.24) is 0 Å². The van der Waals surface area contributed by atoms with Gasteiger partial charge in [0.2, 0.25) is 0 Å². The minimum atomic E-state index is -3.20. The predicted octanol–water partition coefficient (Wildman–Crippen LogP) is 3.53. The van der Waals surface area contributed by atoms with Crippen LogP contribution < -0.4 is 4.74 Å². The van der Waals surface area contributed by atoms with Crippen LogP contribution in [0.15, 0.2) is 51.8 Å². The van der Waals surface area contributed by atoms with Crippen LogP contribution in [-0.2, 0) is 9.84 Å². The molecule has 0 saturated heterocycles. The molecule has 0 saturated carbocycles. The highest BCUT2D eigenvalue weighted by molar-refractivity contribution is 9.10. The van der Waals surface area contributed by atoms with Crippen LogP contribution in [0.2, 0.25) is 0 Å². The predicted molar refractivity (Wildman–Crippen MR) is 79.2 cm³/mol. The van der Waals surface area contributed by atoms with Gasteiger partial charge in [-0.15, -0.1) is 0 Å². The van der Waals surface area contributed by atoms with Gasteiger partial charge in [-0.05, 0) is 51.3 Å². The van der Waals surface area contributed by atoms with Gasteiger partial charge in [-0.2, -0.15) is 0 Å². The molecule has 100 valence electrons. The van der Waals surface area contributed by atoms with Gasteiger partial charge >= 0.3 is 0 Å². The average molecular weight is 341 g/mol. The monoisotopic (exact) mass is 340 g/mol. The van der Waals surface area contributed by atoms with Gasteiger partial charge in [0, 0.05) is 6.26 Å². The zero-order chi connectivity index (χ0) is 14.0. The summed E-state index contributed by atoms with van der Waals surface area (Å²) < 4.78 is 29.2. The van der Waals surface area contributed by atoms with E-state index in [1.807, 2.05) is 24.3 Å². The molecular formula is C14H13BrO3S. The van der Waals surface area contributed by atoms with Gasteiger partial charge in [0.25, 0.3) is 0 Å². The highest BCUT2D eigenvalue weighted by Crippen LogP contribution is 2.31. The minimum absolute atomic E-state index is 0.312. The Morgan fingerprint density at radius 3 is 2.37 bits per heavy atom. The van der Waals surface area contributed by atoms with Crippen LogP contribution >= 0.6 is 15.9 Å². The van der Waals surface area contributed by atoms with Gasteiger partial charge in [-0.3, -0.25) is 0 Å². The molecule has 2 aromatic rings. The third kappa shape index (κ3) is 3.16. The highest BCUT2D eigenvalue weighted by atomic mass is 79.9. The fourth-order valence-electron chi connectivity index (χ4n) is 1.75. The lowest BCUT2D eigenvalue weighted by atomic mass is 10.1. The molecule has 0 bridgehead atoms. The maximum Gasteiger partial charge on any atom is 0.175 e. The second-order valence-corrected chi connectivity index (χ2v) is 7.02. The molecule has 0 spiro atoms. The molecule has 2 aromatic carbocycles. The molecule has 2 rings (SSSR count). The maximum atomic E-state index is 11.6. The average Bonchev–Trinajstić information content (AvgIpc) is 2.38. The Bertz CT molecular complexity index is 708. The smallest absolute Gasteiger partial charge is 0.175 e. The molecule has 0 N–H and O–H groups in total. The lowest BCUT2D eigenvalue weighted by Crippen LogP contribution is -1.96. The fourth-order valence-corrected chi connectivity index (χ4v) is 2.82. The van der Waals surface area contributed by atoms with Gasteiger partial charge in [0.15, 0.2) is 9.84 Å². The van der Waals surface area contributed by atoms with Crippen molar-refractivity contribution >= 4 is 25.8 Å². The third-order valence-corrected chi connectivity index (χ3v) is 4.51. The maximum absolute atomic E-state index is 11.6. The molecule has 3 nitrogen and oxygen atoms in total. The number of sulfone groups is 1. The summed E-state index contributed by atoms with van der Waals surface area (Å²) >= 11 is 3.39. The zero-order valence-electron chi connectivity index (χ0n) is 10.6. The summed E-state index contributed by atoms with van der Waals surface area (Å²) in [6.07, 6.45) is 1.20. The van der Waals surface area contributed by atoms with E-state index in [9.17, 15) is 8.42 Å². The normalized spacial score (nSPS) is 11.3. The minimum Gasteiger partial charge on any atom is -0.496 e. The second-order valence-electron chi connectivity index (χ2n) is 4.15. The summed E-state index contributed by atoms with van der Waals surface area (Å²) in [6, 6.07) is 12.5. The lowest BCUT2D eigenvalue weighted by molar-refractivity contribution is 0.412.